The molecule has 3 aliphatic rings. The van der Waals surface area contributed by atoms with Crippen molar-refractivity contribution in [2.24, 2.45) is 5.92 Å². The van der Waals surface area contributed by atoms with Gasteiger partial charge < -0.3 is 9.64 Å². The number of fused-ring (bicyclic) bond motifs is 2. The number of carbonyl (C=O) groups is 1. The maximum atomic E-state index is 12.6. The van der Waals surface area contributed by atoms with Crippen LogP contribution in [0.1, 0.15) is 36.9 Å². The van der Waals surface area contributed by atoms with Crippen molar-refractivity contribution in [3.05, 3.63) is 47.8 Å². The van der Waals surface area contributed by atoms with Crippen LogP contribution >= 0.6 is 0 Å². The quantitative estimate of drug-likeness (QED) is 0.855. The number of hydrogen-bond acceptors (Lipinski definition) is 4. The topological polar surface area (TPSA) is 55.3 Å². The molecule has 0 unspecified atom stereocenters. The third kappa shape index (κ3) is 2.80. The predicted octanol–water partition coefficient (Wildman–Crippen LogP) is 2.94. The molecule has 1 amide bonds. The lowest BCUT2D eigenvalue weighted by molar-refractivity contribution is -0.130. The first-order valence-electron chi connectivity index (χ1n) is 9.51. The Morgan fingerprint density at radius 2 is 2.12 bits per heavy atom. The fourth-order valence-electron chi connectivity index (χ4n) is 4.22. The number of rotatable bonds is 3. The van der Waals surface area contributed by atoms with Gasteiger partial charge in [0.2, 0.25) is 5.91 Å². The van der Waals surface area contributed by atoms with Crippen LogP contribution in [-0.4, -0.2) is 40.5 Å². The third-order valence-electron chi connectivity index (χ3n) is 5.90. The molecule has 2 aromatic rings. The highest BCUT2D eigenvalue weighted by Crippen LogP contribution is 2.41. The average molecular weight is 349 g/mol. The fraction of sp³-hybridized carbons (Fsp3) is 0.476. The summed E-state index contributed by atoms with van der Waals surface area (Å²) in [5, 5.41) is 0. The van der Waals surface area contributed by atoms with Gasteiger partial charge in [-0.15, -0.1) is 0 Å². The van der Waals surface area contributed by atoms with Crippen molar-refractivity contribution in [1.82, 2.24) is 14.9 Å². The maximum Gasteiger partial charge on any atom is 0.222 e. The summed E-state index contributed by atoms with van der Waals surface area (Å²) in [6.45, 7) is 2.72. The molecular weight excluding hydrogens is 326 g/mol. The molecular formula is C21H23N3O2. The van der Waals surface area contributed by atoms with Gasteiger partial charge in [-0.25, -0.2) is 9.97 Å². The molecule has 0 N–H and O–H groups in total. The number of likely N-dealkylation sites (tertiary alicyclic amines) is 1. The predicted molar refractivity (Wildman–Crippen MR) is 97.3 cm³/mol. The van der Waals surface area contributed by atoms with Gasteiger partial charge in [-0.3, -0.25) is 4.79 Å². The molecule has 0 bridgehead atoms. The van der Waals surface area contributed by atoms with E-state index in [0.29, 0.717) is 31.5 Å². The Labute approximate surface area is 153 Å². The van der Waals surface area contributed by atoms with Crippen LogP contribution in [0.15, 0.2) is 36.5 Å². The van der Waals surface area contributed by atoms with Gasteiger partial charge in [-0.1, -0.05) is 30.3 Å². The van der Waals surface area contributed by atoms with Crippen molar-refractivity contribution in [3.8, 4) is 11.4 Å². The van der Waals surface area contributed by atoms with E-state index in [1.54, 1.807) is 0 Å². The molecule has 26 heavy (non-hydrogen) atoms. The monoisotopic (exact) mass is 349 g/mol. The van der Waals surface area contributed by atoms with Gasteiger partial charge in [0.1, 0.15) is 0 Å². The first-order chi connectivity index (χ1) is 12.7. The molecule has 1 aromatic carbocycles. The highest BCUT2D eigenvalue weighted by molar-refractivity contribution is 5.77. The van der Waals surface area contributed by atoms with Gasteiger partial charge in [-0.05, 0) is 25.2 Å². The average Bonchev–Trinajstić information content (AvgIpc) is 3.40. The number of hydrogen-bond donors (Lipinski definition) is 0. The lowest BCUT2D eigenvalue weighted by Crippen LogP contribution is -2.41. The third-order valence-corrected chi connectivity index (χ3v) is 5.90. The minimum absolute atomic E-state index is 0.181. The molecule has 1 spiro atoms. The van der Waals surface area contributed by atoms with Crippen LogP contribution in [-0.2, 0) is 21.6 Å². The van der Waals surface area contributed by atoms with Crippen molar-refractivity contribution in [3.63, 3.8) is 0 Å². The second-order valence-electron chi connectivity index (χ2n) is 7.92. The van der Waals surface area contributed by atoms with Gasteiger partial charge in [0.15, 0.2) is 5.82 Å². The number of nitrogens with zero attached hydrogens (tertiary/aromatic N) is 3. The van der Waals surface area contributed by atoms with Crippen LogP contribution in [0.25, 0.3) is 11.4 Å². The number of amides is 1. The second kappa shape index (κ2) is 6.16. The van der Waals surface area contributed by atoms with E-state index in [2.05, 4.69) is 4.98 Å². The summed E-state index contributed by atoms with van der Waals surface area (Å²) < 4.78 is 5.88. The highest BCUT2D eigenvalue weighted by atomic mass is 16.5. The SMILES string of the molecule is O=C(CC1CC1)N1CC[C@@]2(COCc3cnc(-c4ccccc4)nc32)C1. The van der Waals surface area contributed by atoms with Crippen molar-refractivity contribution < 1.29 is 9.53 Å². The molecule has 2 fully saturated rings. The Balaban J connectivity index is 1.46. The number of ether oxygens (including phenoxy) is 1. The van der Waals surface area contributed by atoms with Gasteiger partial charge in [0, 0.05) is 36.8 Å². The zero-order valence-corrected chi connectivity index (χ0v) is 14.9. The van der Waals surface area contributed by atoms with E-state index in [4.69, 9.17) is 9.72 Å². The van der Waals surface area contributed by atoms with Gasteiger partial charge in [0.05, 0.1) is 24.3 Å². The molecule has 1 aliphatic carbocycles. The van der Waals surface area contributed by atoms with Crippen molar-refractivity contribution in [1.29, 1.82) is 0 Å². The molecule has 1 saturated carbocycles. The second-order valence-corrected chi connectivity index (χ2v) is 7.92. The molecule has 5 nitrogen and oxygen atoms in total. The first kappa shape index (κ1) is 15.9. The summed E-state index contributed by atoms with van der Waals surface area (Å²) in [4.78, 5) is 24.1. The van der Waals surface area contributed by atoms with Crippen LogP contribution in [0.5, 0.6) is 0 Å². The number of carbonyl (C=O) groups excluding carboxylic acids is 1. The normalized spacial score (nSPS) is 24.7. The van der Waals surface area contributed by atoms with E-state index in [1.807, 2.05) is 41.4 Å². The van der Waals surface area contributed by atoms with E-state index in [0.717, 1.165) is 42.2 Å². The molecule has 134 valence electrons. The molecule has 5 heteroatoms. The summed E-state index contributed by atoms with van der Waals surface area (Å²) in [7, 11) is 0. The summed E-state index contributed by atoms with van der Waals surface area (Å²) in [5.41, 5.74) is 2.99. The lowest BCUT2D eigenvalue weighted by Gasteiger charge is -2.34. The Morgan fingerprint density at radius 1 is 1.27 bits per heavy atom. The van der Waals surface area contributed by atoms with E-state index in [-0.39, 0.29) is 5.41 Å². The Morgan fingerprint density at radius 3 is 2.92 bits per heavy atom. The molecule has 5 rings (SSSR count). The lowest BCUT2D eigenvalue weighted by atomic mass is 9.80. The van der Waals surface area contributed by atoms with E-state index in [9.17, 15) is 4.79 Å². The van der Waals surface area contributed by atoms with E-state index >= 15 is 0 Å². The van der Waals surface area contributed by atoms with Gasteiger partial charge in [0.25, 0.3) is 0 Å². The fourth-order valence-corrected chi connectivity index (χ4v) is 4.22. The van der Waals surface area contributed by atoms with Gasteiger partial charge in [-0.2, -0.15) is 0 Å². The number of aromatic nitrogens is 2. The standard InChI is InChI=1S/C21H23N3O2/c25-18(10-15-6-7-15)24-9-8-21(13-24)14-26-12-17-11-22-20(23-19(17)21)16-4-2-1-3-5-16/h1-5,11,15H,6-10,12-14H2/t21-/m0/s1. The highest BCUT2D eigenvalue weighted by Gasteiger charge is 2.46. The van der Waals surface area contributed by atoms with Crippen molar-refractivity contribution >= 4 is 5.91 Å². The Bertz CT molecular complexity index is 834. The van der Waals surface area contributed by atoms with Crippen LogP contribution in [0.2, 0.25) is 0 Å². The minimum atomic E-state index is -0.181. The van der Waals surface area contributed by atoms with Crippen LogP contribution in [0, 0.1) is 5.92 Å². The van der Waals surface area contributed by atoms with Crippen LogP contribution in [0.3, 0.4) is 0 Å². The zero-order valence-electron chi connectivity index (χ0n) is 14.9. The van der Waals surface area contributed by atoms with Crippen molar-refractivity contribution in [2.75, 3.05) is 19.7 Å². The molecule has 1 atom stereocenters. The van der Waals surface area contributed by atoms with Crippen LogP contribution < -0.4 is 0 Å². The Hall–Kier alpha value is -2.27. The van der Waals surface area contributed by atoms with E-state index < -0.39 is 0 Å². The molecule has 1 saturated heterocycles. The summed E-state index contributed by atoms with van der Waals surface area (Å²) in [5.74, 6) is 1.68. The summed E-state index contributed by atoms with van der Waals surface area (Å²) in [6.07, 6.45) is 5.96. The number of benzene rings is 1. The minimum Gasteiger partial charge on any atom is -0.376 e. The van der Waals surface area contributed by atoms with E-state index in [1.165, 1.54) is 12.8 Å². The maximum absolute atomic E-state index is 12.6. The zero-order chi connectivity index (χ0) is 17.6. The van der Waals surface area contributed by atoms with Crippen molar-refractivity contribution in [2.45, 2.75) is 37.7 Å². The molecule has 1 aromatic heterocycles. The molecule has 0 radical (unpaired) electrons. The largest absolute Gasteiger partial charge is 0.376 e. The van der Waals surface area contributed by atoms with Crippen LogP contribution in [0.4, 0.5) is 0 Å². The Kier molecular flexibility index (Phi) is 3.78. The summed E-state index contributed by atoms with van der Waals surface area (Å²) in [6, 6.07) is 10.1. The van der Waals surface area contributed by atoms with Gasteiger partial charge >= 0.3 is 0 Å². The summed E-state index contributed by atoms with van der Waals surface area (Å²) >= 11 is 0. The molecule has 2 aliphatic heterocycles. The molecule has 3 heterocycles. The first-order valence-corrected chi connectivity index (χ1v) is 9.51. The smallest absolute Gasteiger partial charge is 0.222 e.